The van der Waals surface area contributed by atoms with Gasteiger partial charge in [0.1, 0.15) is 0 Å². The Morgan fingerprint density at radius 3 is 2.67 bits per heavy atom. The lowest BCUT2D eigenvalue weighted by Gasteiger charge is -2.02. The highest BCUT2D eigenvalue weighted by atomic mass is 32.2. The van der Waals surface area contributed by atoms with Gasteiger partial charge in [0.2, 0.25) is 0 Å². The first-order valence-electron chi connectivity index (χ1n) is 3.71. The Hall–Kier alpha value is -0.670. The van der Waals surface area contributed by atoms with E-state index >= 15 is 0 Å². The van der Waals surface area contributed by atoms with Gasteiger partial charge in [0.05, 0.1) is 12.9 Å². The van der Waals surface area contributed by atoms with E-state index in [1.807, 2.05) is 31.2 Å². The molecule has 0 saturated carbocycles. The molecular formula is C9H12O2S. The molecule has 1 rings (SSSR count). The summed E-state index contributed by atoms with van der Waals surface area (Å²) in [6.07, 6.45) is 0. The summed E-state index contributed by atoms with van der Waals surface area (Å²) in [7, 11) is 1.45. The van der Waals surface area contributed by atoms with Crippen molar-refractivity contribution in [3.05, 3.63) is 35.4 Å². The average molecular weight is 184 g/mol. The summed E-state index contributed by atoms with van der Waals surface area (Å²) < 4.78 is 15.7. The van der Waals surface area contributed by atoms with Crippen LogP contribution in [0.25, 0.3) is 0 Å². The summed E-state index contributed by atoms with van der Waals surface area (Å²) in [5.41, 5.74) is 2.24. The number of aryl methyl sites for hydroxylation is 1. The summed E-state index contributed by atoms with van der Waals surface area (Å²) >= 11 is -1.19. The van der Waals surface area contributed by atoms with Crippen molar-refractivity contribution in [2.24, 2.45) is 0 Å². The van der Waals surface area contributed by atoms with E-state index in [2.05, 4.69) is 4.18 Å². The van der Waals surface area contributed by atoms with Gasteiger partial charge >= 0.3 is 0 Å². The van der Waals surface area contributed by atoms with Crippen LogP contribution in [0.15, 0.2) is 24.3 Å². The summed E-state index contributed by atoms with van der Waals surface area (Å²) in [4.78, 5) is 0. The van der Waals surface area contributed by atoms with Gasteiger partial charge in [0.15, 0.2) is 11.1 Å². The maximum Gasteiger partial charge on any atom is 0.159 e. The third kappa shape index (κ3) is 2.43. The zero-order valence-corrected chi connectivity index (χ0v) is 8.06. The van der Waals surface area contributed by atoms with Crippen molar-refractivity contribution in [3.63, 3.8) is 0 Å². The van der Waals surface area contributed by atoms with Gasteiger partial charge in [-0.2, -0.15) is 0 Å². The Bertz CT molecular complexity index is 284. The van der Waals surface area contributed by atoms with E-state index in [9.17, 15) is 4.21 Å². The second-order valence-corrected chi connectivity index (χ2v) is 3.77. The van der Waals surface area contributed by atoms with Gasteiger partial charge < -0.3 is 0 Å². The van der Waals surface area contributed by atoms with Gasteiger partial charge in [0, 0.05) is 0 Å². The standard InChI is InChI=1S/C9H12O2S/c1-8-5-3-4-6-9(8)7-12(10)11-2/h3-6H,7H2,1-2H3. The Labute approximate surface area is 75.2 Å². The molecule has 3 heteroatoms. The van der Waals surface area contributed by atoms with Crippen molar-refractivity contribution in [2.45, 2.75) is 12.7 Å². The molecule has 0 radical (unpaired) electrons. The first-order chi connectivity index (χ1) is 5.74. The summed E-state index contributed by atoms with van der Waals surface area (Å²) in [6.45, 7) is 2.00. The second kappa shape index (κ2) is 4.38. The number of hydrogen-bond acceptors (Lipinski definition) is 2. The molecule has 0 aromatic heterocycles. The van der Waals surface area contributed by atoms with E-state index in [4.69, 9.17) is 0 Å². The largest absolute Gasteiger partial charge is 0.294 e. The molecule has 0 saturated heterocycles. The topological polar surface area (TPSA) is 26.3 Å². The van der Waals surface area contributed by atoms with Crippen LogP contribution in [-0.2, 0) is 21.0 Å². The lowest BCUT2D eigenvalue weighted by atomic mass is 10.1. The summed E-state index contributed by atoms with van der Waals surface area (Å²) in [5, 5.41) is 0. The van der Waals surface area contributed by atoms with Crippen LogP contribution in [0.3, 0.4) is 0 Å². The monoisotopic (exact) mass is 184 g/mol. The lowest BCUT2D eigenvalue weighted by Crippen LogP contribution is -1.98. The first-order valence-corrected chi connectivity index (χ1v) is 4.96. The maximum atomic E-state index is 11.0. The predicted molar refractivity (Wildman–Crippen MR) is 50.0 cm³/mol. The van der Waals surface area contributed by atoms with E-state index in [0.717, 1.165) is 11.1 Å². The van der Waals surface area contributed by atoms with Gasteiger partial charge in [-0.3, -0.25) is 4.18 Å². The van der Waals surface area contributed by atoms with E-state index in [1.165, 1.54) is 7.11 Å². The molecule has 0 aliphatic carbocycles. The molecule has 0 fully saturated rings. The molecule has 0 aliphatic rings. The van der Waals surface area contributed by atoms with Crippen molar-refractivity contribution >= 4 is 11.1 Å². The third-order valence-corrected chi connectivity index (χ3v) is 2.64. The van der Waals surface area contributed by atoms with Gasteiger partial charge in [-0.25, -0.2) is 4.21 Å². The van der Waals surface area contributed by atoms with Crippen LogP contribution in [0, 0.1) is 6.92 Å². The molecule has 0 spiro atoms. The van der Waals surface area contributed by atoms with Crippen LogP contribution in [0.2, 0.25) is 0 Å². The molecule has 1 atom stereocenters. The minimum Gasteiger partial charge on any atom is -0.294 e. The van der Waals surface area contributed by atoms with Crippen LogP contribution in [0.1, 0.15) is 11.1 Å². The zero-order chi connectivity index (χ0) is 8.97. The number of hydrogen-bond donors (Lipinski definition) is 0. The van der Waals surface area contributed by atoms with Crippen LogP contribution in [0.5, 0.6) is 0 Å². The van der Waals surface area contributed by atoms with E-state index in [-0.39, 0.29) is 0 Å². The van der Waals surface area contributed by atoms with Crippen LogP contribution in [0.4, 0.5) is 0 Å². The highest BCUT2D eigenvalue weighted by molar-refractivity contribution is 7.79. The fourth-order valence-corrected chi connectivity index (χ4v) is 1.65. The Morgan fingerprint density at radius 1 is 1.42 bits per heavy atom. The van der Waals surface area contributed by atoms with Gasteiger partial charge in [0.25, 0.3) is 0 Å². The highest BCUT2D eigenvalue weighted by Gasteiger charge is 2.01. The lowest BCUT2D eigenvalue weighted by molar-refractivity contribution is 0.445. The molecule has 1 unspecified atom stereocenters. The molecule has 0 heterocycles. The quantitative estimate of drug-likeness (QED) is 0.716. The molecule has 0 amide bonds. The Kier molecular flexibility index (Phi) is 3.44. The van der Waals surface area contributed by atoms with Crippen LogP contribution >= 0.6 is 0 Å². The molecule has 1 aromatic carbocycles. The maximum absolute atomic E-state index is 11.0. The number of rotatable bonds is 3. The molecule has 66 valence electrons. The van der Waals surface area contributed by atoms with Crippen molar-refractivity contribution in [2.75, 3.05) is 7.11 Å². The Balaban J connectivity index is 2.75. The fraction of sp³-hybridized carbons (Fsp3) is 0.333. The summed E-state index contributed by atoms with van der Waals surface area (Å²) in [6, 6.07) is 7.87. The molecule has 1 aromatic rings. The van der Waals surface area contributed by atoms with E-state index in [1.54, 1.807) is 0 Å². The van der Waals surface area contributed by atoms with Gasteiger partial charge in [-0.1, -0.05) is 24.3 Å². The van der Waals surface area contributed by atoms with Crippen LogP contribution in [-0.4, -0.2) is 11.3 Å². The number of benzene rings is 1. The Morgan fingerprint density at radius 2 is 2.08 bits per heavy atom. The third-order valence-electron chi connectivity index (χ3n) is 1.72. The normalized spacial score (nSPS) is 12.8. The zero-order valence-electron chi connectivity index (χ0n) is 7.24. The predicted octanol–water partition coefficient (Wildman–Crippen LogP) is 1.81. The van der Waals surface area contributed by atoms with Crippen molar-refractivity contribution in [1.82, 2.24) is 0 Å². The van der Waals surface area contributed by atoms with Gasteiger partial charge in [-0.05, 0) is 18.1 Å². The van der Waals surface area contributed by atoms with E-state index in [0.29, 0.717) is 5.75 Å². The molecule has 0 aliphatic heterocycles. The first kappa shape index (κ1) is 9.42. The van der Waals surface area contributed by atoms with Crippen LogP contribution < -0.4 is 0 Å². The molecule has 0 bridgehead atoms. The van der Waals surface area contributed by atoms with Crippen molar-refractivity contribution in [1.29, 1.82) is 0 Å². The minimum atomic E-state index is -1.19. The van der Waals surface area contributed by atoms with Crippen molar-refractivity contribution in [3.8, 4) is 0 Å². The summed E-state index contributed by atoms with van der Waals surface area (Å²) in [5.74, 6) is 0.475. The molecular weight excluding hydrogens is 172 g/mol. The van der Waals surface area contributed by atoms with Gasteiger partial charge in [-0.15, -0.1) is 0 Å². The molecule has 12 heavy (non-hydrogen) atoms. The fourth-order valence-electron chi connectivity index (χ4n) is 0.958. The average Bonchev–Trinajstić information content (AvgIpc) is 2.09. The van der Waals surface area contributed by atoms with Crippen molar-refractivity contribution < 1.29 is 8.39 Å². The van der Waals surface area contributed by atoms with E-state index < -0.39 is 11.1 Å². The smallest absolute Gasteiger partial charge is 0.159 e. The second-order valence-electron chi connectivity index (χ2n) is 2.54. The molecule has 0 N–H and O–H groups in total. The minimum absolute atomic E-state index is 0.475. The molecule has 2 nitrogen and oxygen atoms in total. The SMILES string of the molecule is COS(=O)Cc1ccccc1C. The highest BCUT2D eigenvalue weighted by Crippen LogP contribution is 2.09.